The Kier molecular flexibility index (Phi) is 6.15. The molecule has 0 aromatic carbocycles. The third-order valence-electron chi connectivity index (χ3n) is 2.35. The van der Waals surface area contributed by atoms with Gasteiger partial charge in [-0.1, -0.05) is 0 Å². The first-order valence-electron chi connectivity index (χ1n) is 6.10. The van der Waals surface area contributed by atoms with E-state index >= 15 is 0 Å². The Morgan fingerprint density at radius 2 is 1.86 bits per heavy atom. The first-order chi connectivity index (χ1) is 9.60. The van der Waals surface area contributed by atoms with Crippen LogP contribution in [0.3, 0.4) is 0 Å². The van der Waals surface area contributed by atoms with Crippen molar-refractivity contribution in [2.75, 3.05) is 0 Å². The van der Waals surface area contributed by atoms with Crippen molar-refractivity contribution in [3.63, 3.8) is 0 Å². The topological polar surface area (TPSA) is 88.5 Å². The van der Waals surface area contributed by atoms with Crippen LogP contribution >= 0.6 is 31.9 Å². The number of rotatable bonds is 4. The summed E-state index contributed by atoms with van der Waals surface area (Å²) in [6.45, 7) is 5.12. The van der Waals surface area contributed by atoms with Crippen LogP contribution in [-0.4, -0.2) is 33.8 Å². The van der Waals surface area contributed by atoms with Crippen LogP contribution in [0.2, 0.25) is 0 Å². The molecule has 6 nitrogen and oxygen atoms in total. The summed E-state index contributed by atoms with van der Waals surface area (Å²) in [5.41, 5.74) is 0.0128. The van der Waals surface area contributed by atoms with E-state index in [2.05, 4.69) is 42.2 Å². The Morgan fingerprint density at radius 1 is 1.33 bits per heavy atom. The van der Waals surface area contributed by atoms with Crippen molar-refractivity contribution in [2.24, 2.45) is 0 Å². The zero-order valence-corrected chi connectivity index (χ0v) is 15.0. The molecule has 2 N–H and O–H groups in total. The third kappa shape index (κ3) is 6.01. The number of nitrogens with zero attached hydrogens (tertiary/aromatic N) is 1. The Bertz CT molecular complexity index is 523. The lowest BCUT2D eigenvalue weighted by Gasteiger charge is -2.22. The highest BCUT2D eigenvalue weighted by molar-refractivity contribution is 9.11. The molecule has 1 heterocycles. The number of hydrogen-bond donors (Lipinski definition) is 2. The molecule has 0 saturated heterocycles. The number of carboxylic acid groups (broad SMARTS) is 1. The minimum absolute atomic E-state index is 0.0955. The number of carboxylic acids is 1. The van der Waals surface area contributed by atoms with Crippen molar-refractivity contribution >= 4 is 43.9 Å². The normalized spacial score (nSPS) is 12.6. The highest BCUT2D eigenvalue weighted by Crippen LogP contribution is 2.25. The highest BCUT2D eigenvalue weighted by atomic mass is 79.9. The molecule has 1 unspecified atom stereocenters. The molecule has 0 aliphatic rings. The van der Waals surface area contributed by atoms with Crippen LogP contribution in [0.15, 0.2) is 21.3 Å². The maximum atomic E-state index is 11.7. The second kappa shape index (κ2) is 7.22. The number of nitrogens with one attached hydrogen (secondary N) is 1. The predicted molar refractivity (Wildman–Crippen MR) is 84.1 cm³/mol. The summed E-state index contributed by atoms with van der Waals surface area (Å²) in [5.74, 6) is -1.14. The van der Waals surface area contributed by atoms with Gasteiger partial charge in [-0.3, -0.25) is 4.98 Å². The molecule has 1 atom stereocenters. The fourth-order valence-electron chi connectivity index (χ4n) is 1.49. The quantitative estimate of drug-likeness (QED) is 0.776. The maximum Gasteiger partial charge on any atom is 0.408 e. The average molecular weight is 424 g/mol. The van der Waals surface area contributed by atoms with Gasteiger partial charge in [0, 0.05) is 27.8 Å². The van der Waals surface area contributed by atoms with E-state index in [-0.39, 0.29) is 6.42 Å². The molecule has 0 saturated carbocycles. The van der Waals surface area contributed by atoms with Gasteiger partial charge >= 0.3 is 12.1 Å². The van der Waals surface area contributed by atoms with Gasteiger partial charge in [-0.2, -0.15) is 0 Å². The molecule has 1 amide bonds. The van der Waals surface area contributed by atoms with Crippen LogP contribution in [-0.2, 0) is 16.0 Å². The molecule has 0 aliphatic heterocycles. The van der Waals surface area contributed by atoms with E-state index in [1.165, 1.54) is 0 Å². The Balaban J connectivity index is 2.84. The fourth-order valence-corrected chi connectivity index (χ4v) is 2.74. The monoisotopic (exact) mass is 422 g/mol. The minimum atomic E-state index is -1.14. The number of ether oxygens (including phenoxy) is 1. The fraction of sp³-hybridized carbons (Fsp3) is 0.462. The summed E-state index contributed by atoms with van der Waals surface area (Å²) < 4.78 is 6.39. The highest BCUT2D eigenvalue weighted by Gasteiger charge is 2.25. The summed E-state index contributed by atoms with van der Waals surface area (Å²) in [6.07, 6.45) is 2.45. The molecule has 0 spiro atoms. The number of hydrogen-bond acceptors (Lipinski definition) is 4. The summed E-state index contributed by atoms with van der Waals surface area (Å²) >= 11 is 6.62. The van der Waals surface area contributed by atoms with E-state index in [4.69, 9.17) is 4.74 Å². The average Bonchev–Trinajstić information content (AvgIpc) is 2.29. The van der Waals surface area contributed by atoms with Crippen molar-refractivity contribution < 1.29 is 19.4 Å². The number of alkyl carbamates (subject to hydrolysis) is 1. The van der Waals surface area contributed by atoms with E-state index in [0.717, 1.165) is 0 Å². The molecule has 0 fully saturated rings. The molecule has 1 aromatic rings. The van der Waals surface area contributed by atoms with Crippen LogP contribution in [0.25, 0.3) is 0 Å². The van der Waals surface area contributed by atoms with Gasteiger partial charge in [-0.25, -0.2) is 9.59 Å². The number of aliphatic carboxylic acids is 1. The SMILES string of the molecule is CC(C)(C)OC(=O)NC(Cc1c(Br)cncc1Br)C(=O)O. The first kappa shape index (κ1) is 17.9. The van der Waals surface area contributed by atoms with Crippen molar-refractivity contribution in [1.29, 1.82) is 0 Å². The summed E-state index contributed by atoms with van der Waals surface area (Å²) in [4.78, 5) is 27.0. The van der Waals surface area contributed by atoms with Gasteiger partial charge in [0.1, 0.15) is 11.6 Å². The van der Waals surface area contributed by atoms with Crippen LogP contribution in [0.4, 0.5) is 4.79 Å². The Morgan fingerprint density at radius 3 is 2.29 bits per heavy atom. The van der Waals surface area contributed by atoms with Crippen molar-refractivity contribution in [2.45, 2.75) is 38.8 Å². The van der Waals surface area contributed by atoms with Gasteiger partial charge < -0.3 is 15.2 Å². The van der Waals surface area contributed by atoms with E-state index in [0.29, 0.717) is 14.5 Å². The molecule has 116 valence electrons. The van der Waals surface area contributed by atoms with Crippen LogP contribution in [0, 0.1) is 0 Å². The van der Waals surface area contributed by atoms with Crippen molar-refractivity contribution in [1.82, 2.24) is 10.3 Å². The van der Waals surface area contributed by atoms with Crippen molar-refractivity contribution in [3.05, 3.63) is 26.9 Å². The first-order valence-corrected chi connectivity index (χ1v) is 7.69. The predicted octanol–water partition coefficient (Wildman–Crippen LogP) is 3.13. The smallest absolute Gasteiger partial charge is 0.408 e. The number of amides is 1. The molecule has 0 aliphatic carbocycles. The number of pyridine rings is 1. The van der Waals surface area contributed by atoms with Crippen LogP contribution in [0.1, 0.15) is 26.3 Å². The van der Waals surface area contributed by atoms with E-state index in [1.54, 1.807) is 33.2 Å². The molecule has 1 aromatic heterocycles. The number of aromatic nitrogens is 1. The van der Waals surface area contributed by atoms with E-state index in [9.17, 15) is 14.7 Å². The van der Waals surface area contributed by atoms with Crippen LogP contribution in [0.5, 0.6) is 0 Å². The van der Waals surface area contributed by atoms with E-state index in [1.807, 2.05) is 0 Å². The lowest BCUT2D eigenvalue weighted by Crippen LogP contribution is -2.44. The Hall–Kier alpha value is -1.15. The van der Waals surface area contributed by atoms with E-state index < -0.39 is 23.7 Å². The van der Waals surface area contributed by atoms with Gasteiger partial charge in [0.15, 0.2) is 0 Å². The summed E-state index contributed by atoms with van der Waals surface area (Å²) in [6, 6.07) is -1.10. The molecule has 1 rings (SSSR count). The summed E-state index contributed by atoms with van der Waals surface area (Å²) in [7, 11) is 0. The van der Waals surface area contributed by atoms with Gasteiger partial charge in [0.05, 0.1) is 0 Å². The minimum Gasteiger partial charge on any atom is -0.480 e. The van der Waals surface area contributed by atoms with Gasteiger partial charge in [0.2, 0.25) is 0 Å². The van der Waals surface area contributed by atoms with Crippen molar-refractivity contribution in [3.8, 4) is 0 Å². The number of halogens is 2. The third-order valence-corrected chi connectivity index (χ3v) is 3.72. The zero-order valence-electron chi connectivity index (χ0n) is 11.8. The zero-order chi connectivity index (χ0) is 16.2. The lowest BCUT2D eigenvalue weighted by atomic mass is 10.1. The molecular weight excluding hydrogens is 408 g/mol. The lowest BCUT2D eigenvalue weighted by molar-refractivity contribution is -0.139. The molecule has 0 radical (unpaired) electrons. The number of carbonyl (C=O) groups excluding carboxylic acids is 1. The summed E-state index contributed by atoms with van der Waals surface area (Å²) in [5, 5.41) is 11.6. The molecular formula is C13H16Br2N2O4. The largest absolute Gasteiger partial charge is 0.480 e. The van der Waals surface area contributed by atoms with Gasteiger partial charge in [-0.15, -0.1) is 0 Å². The van der Waals surface area contributed by atoms with Crippen LogP contribution < -0.4 is 5.32 Å². The molecule has 0 bridgehead atoms. The molecule has 8 heteroatoms. The second-order valence-electron chi connectivity index (χ2n) is 5.32. The second-order valence-corrected chi connectivity index (χ2v) is 7.03. The number of carbonyl (C=O) groups is 2. The standard InChI is InChI=1S/C13H16Br2N2O4/c1-13(2,3)21-12(20)17-10(11(18)19)4-7-8(14)5-16-6-9(7)15/h5-6,10H,4H2,1-3H3,(H,17,20)(H,18,19). The molecule has 21 heavy (non-hydrogen) atoms. The Labute approximate surface area is 139 Å². The van der Waals surface area contributed by atoms with Gasteiger partial charge in [0.25, 0.3) is 0 Å². The maximum absolute atomic E-state index is 11.7. The van der Waals surface area contributed by atoms with Gasteiger partial charge in [-0.05, 0) is 58.2 Å².